The highest BCUT2D eigenvalue weighted by molar-refractivity contribution is 5.75. The first-order valence-corrected chi connectivity index (χ1v) is 6.97. The molecule has 4 rings (SSSR count). The van der Waals surface area contributed by atoms with Crippen LogP contribution in [0.3, 0.4) is 0 Å². The van der Waals surface area contributed by atoms with Crippen LogP contribution in [-0.4, -0.2) is 17.7 Å². The maximum Gasteiger partial charge on any atom is 0.315 e. The lowest BCUT2D eigenvalue weighted by Crippen LogP contribution is -2.44. The molecule has 3 aliphatic rings. The second-order valence-corrected chi connectivity index (χ2v) is 6.02. The number of carbonyl (C=O) groups excluding carboxylic acids is 1. The Hall–Kier alpha value is -1.65. The lowest BCUT2D eigenvalue weighted by atomic mass is 9.81. The number of urea groups is 1. The molecule has 0 aromatic heterocycles. The summed E-state index contributed by atoms with van der Waals surface area (Å²) >= 11 is 0. The Balaban J connectivity index is 1.54. The quantitative estimate of drug-likeness (QED) is 0.877. The van der Waals surface area contributed by atoms with Crippen molar-refractivity contribution in [1.82, 2.24) is 10.6 Å². The maximum absolute atomic E-state index is 13.7. The van der Waals surface area contributed by atoms with Crippen LogP contribution in [0.2, 0.25) is 0 Å². The van der Waals surface area contributed by atoms with E-state index < -0.39 is 5.67 Å². The average Bonchev–Trinajstić information content (AvgIpc) is 2.80. The van der Waals surface area contributed by atoms with Gasteiger partial charge in [0.2, 0.25) is 0 Å². The normalized spacial score (nSPS) is 32.4. The summed E-state index contributed by atoms with van der Waals surface area (Å²) in [5.74, 6) is -0.0530. The van der Waals surface area contributed by atoms with Crippen LogP contribution in [0.4, 0.5) is 13.6 Å². The third-order valence-corrected chi connectivity index (χ3v) is 4.42. The monoisotopic (exact) mass is 280 g/mol. The lowest BCUT2D eigenvalue weighted by Gasteiger charge is -2.30. The Morgan fingerprint density at radius 2 is 2.15 bits per heavy atom. The third kappa shape index (κ3) is 2.49. The van der Waals surface area contributed by atoms with Gasteiger partial charge in [0.25, 0.3) is 0 Å². The van der Waals surface area contributed by atoms with Crippen molar-refractivity contribution in [2.45, 2.75) is 43.9 Å². The summed E-state index contributed by atoms with van der Waals surface area (Å²) < 4.78 is 26.9. The molecule has 108 valence electrons. The first-order chi connectivity index (χ1) is 9.45. The molecular weight excluding hydrogens is 262 g/mol. The highest BCUT2D eigenvalue weighted by atomic mass is 19.1. The Morgan fingerprint density at radius 1 is 1.40 bits per heavy atom. The molecule has 1 aromatic carbocycles. The van der Waals surface area contributed by atoms with Gasteiger partial charge in [-0.25, -0.2) is 13.6 Å². The van der Waals surface area contributed by atoms with E-state index >= 15 is 0 Å². The van der Waals surface area contributed by atoms with E-state index in [9.17, 15) is 13.6 Å². The van der Waals surface area contributed by atoms with E-state index in [1.165, 1.54) is 12.1 Å². The topological polar surface area (TPSA) is 41.1 Å². The highest BCUT2D eigenvalue weighted by Gasteiger charge is 2.57. The molecule has 0 saturated heterocycles. The van der Waals surface area contributed by atoms with E-state index in [4.69, 9.17) is 0 Å². The van der Waals surface area contributed by atoms with Crippen molar-refractivity contribution >= 4 is 6.03 Å². The van der Waals surface area contributed by atoms with Crippen LogP contribution >= 0.6 is 0 Å². The number of halogens is 2. The largest absolute Gasteiger partial charge is 0.335 e. The molecule has 20 heavy (non-hydrogen) atoms. The molecule has 1 aromatic rings. The minimum Gasteiger partial charge on any atom is -0.335 e. The molecule has 2 amide bonds. The van der Waals surface area contributed by atoms with Gasteiger partial charge < -0.3 is 10.6 Å². The van der Waals surface area contributed by atoms with Gasteiger partial charge in [-0.1, -0.05) is 12.1 Å². The van der Waals surface area contributed by atoms with Crippen LogP contribution in [0, 0.1) is 11.7 Å². The van der Waals surface area contributed by atoms with Gasteiger partial charge in [0.05, 0.1) is 6.04 Å². The number of hydrogen-bond donors (Lipinski definition) is 2. The smallest absolute Gasteiger partial charge is 0.315 e. The minimum atomic E-state index is -1.04. The molecule has 3 nitrogen and oxygen atoms in total. The highest BCUT2D eigenvalue weighted by Crippen LogP contribution is 2.54. The zero-order valence-corrected chi connectivity index (χ0v) is 11.3. The van der Waals surface area contributed by atoms with E-state index in [0.29, 0.717) is 24.8 Å². The molecule has 0 aliphatic heterocycles. The molecule has 2 bridgehead atoms. The summed E-state index contributed by atoms with van der Waals surface area (Å²) in [6.07, 6.45) is 1.55. The van der Waals surface area contributed by atoms with Crippen molar-refractivity contribution in [2.75, 3.05) is 0 Å². The second-order valence-electron chi connectivity index (χ2n) is 6.02. The second kappa shape index (κ2) is 4.72. The molecule has 0 heterocycles. The average molecular weight is 280 g/mol. The summed E-state index contributed by atoms with van der Waals surface area (Å²) in [7, 11) is 0. The van der Waals surface area contributed by atoms with Gasteiger partial charge in [0, 0.05) is 12.5 Å². The van der Waals surface area contributed by atoms with Crippen molar-refractivity contribution < 1.29 is 13.6 Å². The zero-order valence-electron chi connectivity index (χ0n) is 11.3. The number of nitrogens with one attached hydrogen (secondary N) is 2. The van der Waals surface area contributed by atoms with Crippen LogP contribution in [-0.2, 0) is 0 Å². The number of benzene rings is 1. The maximum atomic E-state index is 13.7. The number of carbonyl (C=O) groups is 1. The number of amides is 2. The van der Waals surface area contributed by atoms with Crippen molar-refractivity contribution in [2.24, 2.45) is 5.92 Å². The van der Waals surface area contributed by atoms with Gasteiger partial charge in [0.1, 0.15) is 11.5 Å². The molecule has 3 saturated carbocycles. The number of fused-ring (bicyclic) bond motifs is 1. The minimum absolute atomic E-state index is 0.0697. The van der Waals surface area contributed by atoms with Crippen LogP contribution in [0.1, 0.15) is 37.8 Å². The number of alkyl halides is 1. The fourth-order valence-corrected chi connectivity index (χ4v) is 3.33. The fourth-order valence-electron chi connectivity index (χ4n) is 3.33. The Kier molecular flexibility index (Phi) is 3.15. The Morgan fingerprint density at radius 3 is 2.75 bits per heavy atom. The number of hydrogen-bond acceptors (Lipinski definition) is 1. The van der Waals surface area contributed by atoms with Crippen LogP contribution in [0.15, 0.2) is 24.3 Å². The molecule has 3 fully saturated rings. The molecule has 3 aliphatic carbocycles. The first kappa shape index (κ1) is 13.3. The van der Waals surface area contributed by atoms with Crippen LogP contribution in [0.5, 0.6) is 0 Å². The molecule has 0 radical (unpaired) electrons. The lowest BCUT2D eigenvalue weighted by molar-refractivity contribution is 0.0748. The summed E-state index contributed by atoms with van der Waals surface area (Å²) in [4.78, 5) is 11.9. The van der Waals surface area contributed by atoms with Crippen LogP contribution in [0.25, 0.3) is 0 Å². The van der Waals surface area contributed by atoms with Gasteiger partial charge in [-0.05, 0) is 43.4 Å². The Bertz CT molecular complexity index is 528. The van der Waals surface area contributed by atoms with E-state index in [1.54, 1.807) is 19.1 Å². The van der Waals surface area contributed by atoms with Crippen molar-refractivity contribution in [3.8, 4) is 0 Å². The summed E-state index contributed by atoms with van der Waals surface area (Å²) in [5.41, 5.74) is -0.339. The predicted molar refractivity (Wildman–Crippen MR) is 71.5 cm³/mol. The molecule has 0 spiro atoms. The predicted octanol–water partition coefficient (Wildman–Crippen LogP) is 3.08. The van der Waals surface area contributed by atoms with Gasteiger partial charge >= 0.3 is 6.03 Å². The van der Waals surface area contributed by atoms with E-state index in [1.807, 2.05) is 0 Å². The van der Waals surface area contributed by atoms with Crippen molar-refractivity contribution in [3.05, 3.63) is 35.6 Å². The van der Waals surface area contributed by atoms with Gasteiger partial charge in [-0.15, -0.1) is 0 Å². The first-order valence-electron chi connectivity index (χ1n) is 6.97. The Labute approximate surface area is 116 Å². The fraction of sp³-hybridized carbons (Fsp3) is 0.533. The standard InChI is InChI=1S/C15H18F2N2O/c1-9(10-3-2-4-12(16)5-10)18-14(20)19-13-8-15(17)6-11(13)7-15/h2-5,9,11,13H,6-8H2,1H3,(H2,18,19,20)/t9-,11?,13?,15?/m0/s1. The van der Waals surface area contributed by atoms with Crippen LogP contribution < -0.4 is 10.6 Å². The van der Waals surface area contributed by atoms with E-state index in [-0.39, 0.29) is 29.8 Å². The van der Waals surface area contributed by atoms with Crippen molar-refractivity contribution in [3.63, 3.8) is 0 Å². The molecule has 2 N–H and O–H groups in total. The van der Waals surface area contributed by atoms with Gasteiger partial charge in [-0.3, -0.25) is 0 Å². The molecular formula is C15H18F2N2O. The summed E-state index contributed by atoms with van der Waals surface area (Å²) in [5, 5.41) is 5.59. The summed E-state index contributed by atoms with van der Waals surface area (Å²) in [6.45, 7) is 1.79. The van der Waals surface area contributed by atoms with Gasteiger partial charge in [-0.2, -0.15) is 0 Å². The third-order valence-electron chi connectivity index (χ3n) is 4.42. The molecule has 1 unspecified atom stereocenters. The zero-order chi connectivity index (χ0) is 14.3. The van der Waals surface area contributed by atoms with Gasteiger partial charge in [0.15, 0.2) is 0 Å². The van der Waals surface area contributed by atoms with E-state index in [2.05, 4.69) is 10.6 Å². The molecule has 5 heteroatoms. The summed E-state index contributed by atoms with van der Waals surface area (Å²) in [6, 6.07) is 5.46. The van der Waals surface area contributed by atoms with Crippen molar-refractivity contribution in [1.29, 1.82) is 0 Å². The SMILES string of the molecule is C[C@H](NC(=O)NC1CC2(F)CC1C2)c1cccc(F)c1. The van der Waals surface area contributed by atoms with E-state index in [0.717, 1.165) is 0 Å². The number of rotatable bonds is 3. The molecule has 2 atom stereocenters.